The Kier molecular flexibility index (Phi) is 4.49. The van der Waals surface area contributed by atoms with Gasteiger partial charge in [-0.1, -0.05) is 17.7 Å². The lowest BCUT2D eigenvalue weighted by Crippen LogP contribution is -2.39. The maximum Gasteiger partial charge on any atom is 0.391 e. The Morgan fingerprint density at radius 3 is 2.35 bits per heavy atom. The van der Waals surface area contributed by atoms with Gasteiger partial charge in [-0.2, -0.15) is 13.2 Å². The highest BCUT2D eigenvalue weighted by Crippen LogP contribution is 2.37. The molecule has 0 aliphatic carbocycles. The highest BCUT2D eigenvalue weighted by atomic mass is 35.5. The third-order valence-electron chi connectivity index (χ3n) is 3.80. The second-order valence-electron chi connectivity index (χ2n) is 5.30. The smallest absolute Gasteiger partial charge is 0.370 e. The normalized spacial score (nSPS) is 19.2. The van der Waals surface area contributed by atoms with Crippen LogP contribution in [-0.2, 0) is 0 Å². The van der Waals surface area contributed by atoms with Crippen molar-refractivity contribution < 1.29 is 13.2 Å². The first-order valence-electron chi connectivity index (χ1n) is 6.65. The quantitative estimate of drug-likeness (QED) is 0.890. The highest BCUT2D eigenvalue weighted by Gasteiger charge is 2.41. The summed E-state index contributed by atoms with van der Waals surface area (Å²) in [6.45, 7) is 2.61. The van der Waals surface area contributed by atoms with Gasteiger partial charge >= 0.3 is 6.18 Å². The van der Waals surface area contributed by atoms with Gasteiger partial charge in [0.1, 0.15) is 0 Å². The minimum atomic E-state index is -4.09. The molecule has 0 aromatic heterocycles. The van der Waals surface area contributed by atoms with Crippen LogP contribution in [0.15, 0.2) is 18.2 Å². The fourth-order valence-corrected chi connectivity index (χ4v) is 2.82. The summed E-state index contributed by atoms with van der Waals surface area (Å²) in [5.74, 6) is -1.19. The summed E-state index contributed by atoms with van der Waals surface area (Å²) in [5, 5.41) is 0.547. The molecule has 1 heterocycles. The molecule has 1 saturated heterocycles. The summed E-state index contributed by atoms with van der Waals surface area (Å²) < 4.78 is 37.9. The van der Waals surface area contributed by atoms with Crippen molar-refractivity contribution in [2.45, 2.75) is 32.0 Å². The van der Waals surface area contributed by atoms with E-state index in [-0.39, 0.29) is 18.9 Å². The molecule has 1 aromatic rings. The van der Waals surface area contributed by atoms with Crippen LogP contribution in [-0.4, -0.2) is 19.3 Å². The van der Waals surface area contributed by atoms with Gasteiger partial charge in [0.25, 0.3) is 0 Å². The van der Waals surface area contributed by atoms with Crippen LogP contribution in [0.25, 0.3) is 0 Å². The molecule has 1 aliphatic heterocycles. The van der Waals surface area contributed by atoms with Gasteiger partial charge in [0.2, 0.25) is 0 Å². The third kappa shape index (κ3) is 3.38. The van der Waals surface area contributed by atoms with Crippen LogP contribution in [0, 0.1) is 5.92 Å². The molecule has 0 unspecified atom stereocenters. The van der Waals surface area contributed by atoms with E-state index in [1.54, 1.807) is 6.07 Å². The number of rotatable bonds is 2. The molecule has 0 bridgehead atoms. The standard InChI is InChI=1S/C14H18ClF3N2/c1-9(19)10-2-3-13(12(15)8-10)20-6-4-11(5-7-20)14(16,17)18/h2-3,8-9,11H,4-7,19H2,1H3/t9-/m1/s1. The summed E-state index contributed by atoms with van der Waals surface area (Å²) in [6, 6.07) is 5.39. The number of piperidine rings is 1. The summed E-state index contributed by atoms with van der Waals surface area (Å²) >= 11 is 6.21. The number of anilines is 1. The Balaban J connectivity index is 2.07. The van der Waals surface area contributed by atoms with Crippen molar-refractivity contribution in [3.63, 3.8) is 0 Å². The Hall–Kier alpha value is -0.940. The van der Waals surface area contributed by atoms with Gasteiger partial charge < -0.3 is 10.6 Å². The molecule has 6 heteroatoms. The monoisotopic (exact) mass is 306 g/mol. The third-order valence-corrected chi connectivity index (χ3v) is 4.10. The number of nitrogens with zero attached hydrogens (tertiary/aromatic N) is 1. The zero-order valence-electron chi connectivity index (χ0n) is 11.3. The van der Waals surface area contributed by atoms with Crippen LogP contribution in [0.1, 0.15) is 31.4 Å². The van der Waals surface area contributed by atoms with Crippen LogP contribution in [0.5, 0.6) is 0 Å². The first-order chi connectivity index (χ1) is 9.29. The molecule has 0 radical (unpaired) electrons. The maximum absolute atomic E-state index is 12.6. The highest BCUT2D eigenvalue weighted by molar-refractivity contribution is 6.33. The molecule has 2 rings (SSSR count). The van der Waals surface area contributed by atoms with Crippen molar-refractivity contribution >= 4 is 17.3 Å². The molecule has 1 fully saturated rings. The molecule has 1 atom stereocenters. The largest absolute Gasteiger partial charge is 0.391 e. The molecule has 1 aromatic carbocycles. The fourth-order valence-electron chi connectivity index (χ4n) is 2.51. The van der Waals surface area contributed by atoms with Crippen molar-refractivity contribution in [3.05, 3.63) is 28.8 Å². The minimum absolute atomic E-state index is 0.113. The van der Waals surface area contributed by atoms with E-state index < -0.39 is 12.1 Å². The van der Waals surface area contributed by atoms with E-state index in [1.807, 2.05) is 24.0 Å². The minimum Gasteiger partial charge on any atom is -0.370 e. The van der Waals surface area contributed by atoms with Gasteiger partial charge in [0.05, 0.1) is 16.6 Å². The summed E-state index contributed by atoms with van der Waals surface area (Å²) in [5.41, 5.74) is 7.49. The molecule has 1 aliphatic rings. The predicted molar refractivity (Wildman–Crippen MR) is 75.0 cm³/mol. The van der Waals surface area contributed by atoms with Gasteiger partial charge in [0.15, 0.2) is 0 Å². The van der Waals surface area contributed by atoms with Crippen molar-refractivity contribution in [1.82, 2.24) is 0 Å². The number of hydrogen-bond donors (Lipinski definition) is 1. The van der Waals surface area contributed by atoms with Crippen LogP contribution >= 0.6 is 11.6 Å². The van der Waals surface area contributed by atoms with E-state index in [0.29, 0.717) is 18.1 Å². The van der Waals surface area contributed by atoms with Crippen molar-refractivity contribution in [1.29, 1.82) is 0 Å². The second kappa shape index (κ2) is 5.82. The summed E-state index contributed by atoms with van der Waals surface area (Å²) in [4.78, 5) is 1.91. The molecular weight excluding hydrogens is 289 g/mol. The fraction of sp³-hybridized carbons (Fsp3) is 0.571. The van der Waals surface area contributed by atoms with E-state index >= 15 is 0 Å². The van der Waals surface area contributed by atoms with Gasteiger partial charge in [-0.3, -0.25) is 0 Å². The SMILES string of the molecule is C[C@@H](N)c1ccc(N2CCC(C(F)(F)F)CC2)c(Cl)c1. The Bertz CT molecular complexity index is 466. The van der Waals surface area contributed by atoms with E-state index in [0.717, 1.165) is 11.3 Å². The number of benzene rings is 1. The van der Waals surface area contributed by atoms with Crippen molar-refractivity contribution in [2.24, 2.45) is 11.7 Å². The molecule has 20 heavy (non-hydrogen) atoms. The molecule has 0 amide bonds. The first kappa shape index (κ1) is 15.4. The predicted octanol–water partition coefficient (Wildman–Crippen LogP) is 4.14. The average molecular weight is 307 g/mol. The summed E-state index contributed by atoms with van der Waals surface area (Å²) in [6.07, 6.45) is -3.85. The van der Waals surface area contributed by atoms with E-state index in [9.17, 15) is 13.2 Å². The van der Waals surface area contributed by atoms with Gasteiger partial charge in [0, 0.05) is 19.1 Å². The maximum atomic E-state index is 12.6. The topological polar surface area (TPSA) is 29.3 Å². The number of alkyl halides is 3. The van der Waals surface area contributed by atoms with Gasteiger partial charge in [-0.15, -0.1) is 0 Å². The summed E-state index contributed by atoms with van der Waals surface area (Å²) in [7, 11) is 0. The van der Waals surface area contributed by atoms with Crippen LogP contribution in [0.3, 0.4) is 0 Å². The molecule has 0 saturated carbocycles. The molecular formula is C14H18ClF3N2. The zero-order chi connectivity index (χ0) is 14.9. The molecule has 0 spiro atoms. The number of halogens is 4. The van der Waals surface area contributed by atoms with Crippen LogP contribution in [0.4, 0.5) is 18.9 Å². The van der Waals surface area contributed by atoms with Gasteiger partial charge in [-0.25, -0.2) is 0 Å². The van der Waals surface area contributed by atoms with Crippen LogP contribution < -0.4 is 10.6 Å². The molecule has 112 valence electrons. The first-order valence-corrected chi connectivity index (χ1v) is 7.03. The Morgan fingerprint density at radius 2 is 1.90 bits per heavy atom. The second-order valence-corrected chi connectivity index (χ2v) is 5.71. The number of nitrogens with two attached hydrogens (primary N) is 1. The van der Waals surface area contributed by atoms with E-state index in [2.05, 4.69) is 0 Å². The Labute approximate surface area is 121 Å². The number of hydrogen-bond acceptors (Lipinski definition) is 2. The lowest BCUT2D eigenvalue weighted by molar-refractivity contribution is -0.179. The van der Waals surface area contributed by atoms with Crippen molar-refractivity contribution in [2.75, 3.05) is 18.0 Å². The van der Waals surface area contributed by atoms with Gasteiger partial charge in [-0.05, 0) is 37.5 Å². The molecule has 2 nitrogen and oxygen atoms in total. The lowest BCUT2D eigenvalue weighted by Gasteiger charge is -2.35. The molecule has 2 N–H and O–H groups in total. The average Bonchev–Trinajstić information content (AvgIpc) is 2.37. The van der Waals surface area contributed by atoms with Crippen molar-refractivity contribution in [3.8, 4) is 0 Å². The van der Waals surface area contributed by atoms with E-state index in [1.165, 1.54) is 0 Å². The Morgan fingerprint density at radius 1 is 1.30 bits per heavy atom. The zero-order valence-corrected chi connectivity index (χ0v) is 12.0. The van der Waals surface area contributed by atoms with E-state index in [4.69, 9.17) is 17.3 Å². The van der Waals surface area contributed by atoms with Crippen LogP contribution in [0.2, 0.25) is 5.02 Å². The lowest BCUT2D eigenvalue weighted by atomic mass is 9.95.